The van der Waals surface area contributed by atoms with E-state index in [1.807, 2.05) is 30.3 Å². The molecule has 0 N–H and O–H groups in total. The third-order valence-corrected chi connectivity index (χ3v) is 4.34. The van der Waals surface area contributed by atoms with Gasteiger partial charge in [-0.3, -0.25) is 9.78 Å². The van der Waals surface area contributed by atoms with Crippen LogP contribution in [0.4, 0.5) is 0 Å². The van der Waals surface area contributed by atoms with Gasteiger partial charge in [-0.25, -0.2) is 0 Å². The highest BCUT2D eigenvalue weighted by molar-refractivity contribution is 5.92. The van der Waals surface area contributed by atoms with Crippen LogP contribution in [0.15, 0.2) is 41.1 Å². The molecular formula is C18H18N4O3. The molecule has 0 unspecified atom stereocenters. The first-order valence-corrected chi connectivity index (χ1v) is 8.18. The van der Waals surface area contributed by atoms with E-state index in [1.54, 1.807) is 20.3 Å². The Morgan fingerprint density at radius 2 is 2.04 bits per heavy atom. The lowest BCUT2D eigenvalue weighted by atomic mass is 10.1. The number of carbonyl (C=O) groups is 1. The van der Waals surface area contributed by atoms with E-state index in [1.165, 1.54) is 4.90 Å². The summed E-state index contributed by atoms with van der Waals surface area (Å²) in [5.74, 6) is 0.773. The largest absolute Gasteiger partial charge is 0.355 e. The molecule has 1 aliphatic rings. The maximum absolute atomic E-state index is 12.0. The molecule has 0 saturated carbocycles. The summed E-state index contributed by atoms with van der Waals surface area (Å²) in [6.07, 6.45) is 2.24. The molecule has 2 atom stereocenters. The Labute approximate surface area is 144 Å². The molecule has 0 aliphatic carbocycles. The predicted molar refractivity (Wildman–Crippen MR) is 90.6 cm³/mol. The third kappa shape index (κ3) is 2.87. The van der Waals surface area contributed by atoms with Crippen molar-refractivity contribution in [1.82, 2.24) is 20.0 Å². The molecular weight excluding hydrogens is 320 g/mol. The van der Waals surface area contributed by atoms with Crippen LogP contribution in [-0.4, -0.2) is 46.1 Å². The van der Waals surface area contributed by atoms with Gasteiger partial charge < -0.3 is 14.2 Å². The molecule has 25 heavy (non-hydrogen) atoms. The number of amides is 1. The van der Waals surface area contributed by atoms with Gasteiger partial charge in [0.1, 0.15) is 17.9 Å². The number of benzene rings is 1. The quantitative estimate of drug-likeness (QED) is 0.730. The van der Waals surface area contributed by atoms with E-state index < -0.39 is 6.10 Å². The second kappa shape index (κ2) is 6.25. The van der Waals surface area contributed by atoms with Crippen LogP contribution >= 0.6 is 0 Å². The summed E-state index contributed by atoms with van der Waals surface area (Å²) < 4.78 is 11.2. The maximum atomic E-state index is 12.0. The van der Waals surface area contributed by atoms with Crippen molar-refractivity contribution in [2.45, 2.75) is 25.0 Å². The first-order chi connectivity index (χ1) is 12.1. The summed E-state index contributed by atoms with van der Waals surface area (Å²) in [7, 11) is 3.44. The average Bonchev–Trinajstić information content (AvgIpc) is 3.29. The Hall–Kier alpha value is -2.80. The molecule has 3 aromatic rings. The Kier molecular flexibility index (Phi) is 3.93. The van der Waals surface area contributed by atoms with Gasteiger partial charge in [0.2, 0.25) is 5.82 Å². The van der Waals surface area contributed by atoms with E-state index in [-0.39, 0.29) is 12.0 Å². The van der Waals surface area contributed by atoms with Crippen molar-refractivity contribution < 1.29 is 14.1 Å². The zero-order valence-corrected chi connectivity index (χ0v) is 14.0. The van der Waals surface area contributed by atoms with Crippen LogP contribution in [0.3, 0.4) is 0 Å². The average molecular weight is 338 g/mol. The SMILES string of the molecule is CN(C)C(=O)[C@H]1CC[C@@H](c2nc(-c3nccc4ccccc34)no2)O1. The molecule has 2 aromatic heterocycles. The van der Waals surface area contributed by atoms with Crippen LogP contribution in [-0.2, 0) is 9.53 Å². The van der Waals surface area contributed by atoms with Gasteiger partial charge >= 0.3 is 0 Å². The fourth-order valence-corrected chi connectivity index (χ4v) is 3.05. The van der Waals surface area contributed by atoms with E-state index >= 15 is 0 Å². The van der Waals surface area contributed by atoms with E-state index in [0.717, 1.165) is 10.8 Å². The lowest BCUT2D eigenvalue weighted by molar-refractivity contribution is -0.140. The molecule has 128 valence electrons. The monoisotopic (exact) mass is 338 g/mol. The van der Waals surface area contributed by atoms with Gasteiger partial charge in [-0.15, -0.1) is 0 Å². The van der Waals surface area contributed by atoms with Gasteiger partial charge in [0, 0.05) is 25.7 Å². The summed E-state index contributed by atoms with van der Waals surface area (Å²) in [5, 5.41) is 6.09. The molecule has 1 aromatic carbocycles. The van der Waals surface area contributed by atoms with E-state index in [0.29, 0.717) is 30.3 Å². The van der Waals surface area contributed by atoms with Crippen LogP contribution < -0.4 is 0 Å². The number of rotatable bonds is 3. The first-order valence-electron chi connectivity index (χ1n) is 8.18. The molecule has 0 spiro atoms. The van der Waals surface area contributed by atoms with Crippen molar-refractivity contribution in [3.63, 3.8) is 0 Å². The van der Waals surface area contributed by atoms with Gasteiger partial charge in [0.25, 0.3) is 11.8 Å². The summed E-state index contributed by atoms with van der Waals surface area (Å²) in [6.45, 7) is 0. The standard InChI is InChI=1S/C18H18N4O3/c1-22(2)18(23)14-8-7-13(24-14)17-20-16(21-25-17)15-12-6-4-3-5-11(12)9-10-19-15/h3-6,9-10,13-14H,7-8H2,1-2H3/t13-,14+/m0/s1. The van der Waals surface area contributed by atoms with Crippen LogP contribution in [0.2, 0.25) is 0 Å². The summed E-state index contributed by atoms with van der Waals surface area (Å²) in [6, 6.07) is 9.86. The summed E-state index contributed by atoms with van der Waals surface area (Å²) in [5.41, 5.74) is 0.673. The highest BCUT2D eigenvalue weighted by atomic mass is 16.5. The fraction of sp³-hybridized carbons (Fsp3) is 0.333. The summed E-state index contributed by atoms with van der Waals surface area (Å²) >= 11 is 0. The molecule has 0 radical (unpaired) electrons. The van der Waals surface area contributed by atoms with Gasteiger partial charge in [0.05, 0.1) is 0 Å². The smallest absolute Gasteiger partial charge is 0.256 e. The molecule has 1 amide bonds. The molecule has 7 heteroatoms. The lowest BCUT2D eigenvalue weighted by Crippen LogP contribution is -2.33. The van der Waals surface area contributed by atoms with Crippen LogP contribution in [0.5, 0.6) is 0 Å². The Morgan fingerprint density at radius 3 is 2.88 bits per heavy atom. The number of hydrogen-bond donors (Lipinski definition) is 0. The molecule has 7 nitrogen and oxygen atoms in total. The third-order valence-electron chi connectivity index (χ3n) is 4.34. The van der Waals surface area contributed by atoms with Gasteiger partial charge in [0.15, 0.2) is 0 Å². The molecule has 1 aliphatic heterocycles. The highest BCUT2D eigenvalue weighted by Crippen LogP contribution is 2.33. The number of hydrogen-bond acceptors (Lipinski definition) is 6. The number of pyridine rings is 1. The Balaban J connectivity index is 1.60. The molecule has 3 heterocycles. The fourth-order valence-electron chi connectivity index (χ4n) is 3.05. The zero-order valence-electron chi connectivity index (χ0n) is 14.0. The second-order valence-electron chi connectivity index (χ2n) is 6.26. The first kappa shape index (κ1) is 15.7. The number of aromatic nitrogens is 3. The number of carbonyl (C=O) groups excluding carboxylic acids is 1. The van der Waals surface area contributed by atoms with Gasteiger partial charge in [-0.2, -0.15) is 4.98 Å². The van der Waals surface area contributed by atoms with Crippen LogP contribution in [0.1, 0.15) is 24.8 Å². The highest BCUT2D eigenvalue weighted by Gasteiger charge is 2.35. The maximum Gasteiger partial charge on any atom is 0.256 e. The lowest BCUT2D eigenvalue weighted by Gasteiger charge is -2.15. The predicted octanol–water partition coefficient (Wildman–Crippen LogP) is 2.59. The van der Waals surface area contributed by atoms with Crippen molar-refractivity contribution in [2.75, 3.05) is 14.1 Å². The van der Waals surface area contributed by atoms with Crippen LogP contribution in [0, 0.1) is 0 Å². The molecule has 4 rings (SSSR count). The minimum Gasteiger partial charge on any atom is -0.355 e. The number of likely N-dealkylation sites (N-methyl/N-ethyl adjacent to an activating group) is 1. The molecule has 0 bridgehead atoms. The second-order valence-corrected chi connectivity index (χ2v) is 6.26. The van der Waals surface area contributed by atoms with Crippen molar-refractivity contribution >= 4 is 16.7 Å². The van der Waals surface area contributed by atoms with Crippen molar-refractivity contribution in [3.8, 4) is 11.5 Å². The number of ether oxygens (including phenoxy) is 1. The van der Waals surface area contributed by atoms with Crippen LogP contribution in [0.25, 0.3) is 22.3 Å². The topological polar surface area (TPSA) is 81.4 Å². The molecule has 1 fully saturated rings. The normalized spacial score (nSPS) is 20.1. The minimum atomic E-state index is -0.453. The van der Waals surface area contributed by atoms with Crippen molar-refractivity contribution in [2.24, 2.45) is 0 Å². The van der Waals surface area contributed by atoms with E-state index in [2.05, 4.69) is 15.1 Å². The van der Waals surface area contributed by atoms with Gasteiger partial charge in [-0.05, 0) is 24.3 Å². The van der Waals surface area contributed by atoms with E-state index in [9.17, 15) is 4.79 Å². The zero-order chi connectivity index (χ0) is 17.4. The number of nitrogens with zero attached hydrogens (tertiary/aromatic N) is 4. The minimum absolute atomic E-state index is 0.0436. The van der Waals surface area contributed by atoms with Gasteiger partial charge in [-0.1, -0.05) is 29.4 Å². The Morgan fingerprint density at radius 1 is 1.20 bits per heavy atom. The Bertz CT molecular complexity index is 916. The van der Waals surface area contributed by atoms with Crippen molar-refractivity contribution in [3.05, 3.63) is 42.4 Å². The number of fused-ring (bicyclic) bond motifs is 1. The van der Waals surface area contributed by atoms with E-state index in [4.69, 9.17) is 9.26 Å². The van der Waals surface area contributed by atoms with Crippen molar-refractivity contribution in [1.29, 1.82) is 0 Å². The molecule has 1 saturated heterocycles. The summed E-state index contributed by atoms with van der Waals surface area (Å²) in [4.78, 5) is 22.4.